The fraction of sp³-hybridized carbons (Fsp3) is 0.286. The van der Waals surface area contributed by atoms with Crippen molar-refractivity contribution < 1.29 is 18.7 Å². The van der Waals surface area contributed by atoms with Gasteiger partial charge in [-0.2, -0.15) is 0 Å². The number of rotatable bonds is 7. The van der Waals surface area contributed by atoms with E-state index in [1.54, 1.807) is 32.5 Å². The lowest BCUT2D eigenvalue weighted by atomic mass is 9.84. The molecule has 1 atom stereocenters. The van der Waals surface area contributed by atoms with Gasteiger partial charge in [0, 0.05) is 12.6 Å². The molecule has 0 radical (unpaired) electrons. The maximum atomic E-state index is 13.6. The van der Waals surface area contributed by atoms with Crippen molar-refractivity contribution in [2.45, 2.75) is 32.7 Å². The smallest absolute Gasteiger partial charge is 0.143 e. The number of benzene rings is 2. The number of ether oxygens (including phenoxy) is 2. The van der Waals surface area contributed by atoms with E-state index in [2.05, 4.69) is 16.5 Å². The SMILES string of the molecule is C=C1/C(=C/c2ccc(-n3cnc(C)c3)c(OC)c2)OCCN1C(C)(CC(C)=O)c1ccc(F)cc1. The molecule has 1 aliphatic rings. The number of aryl methyl sites for hydroxylation is 1. The van der Waals surface area contributed by atoms with E-state index in [-0.39, 0.29) is 18.0 Å². The predicted molar refractivity (Wildman–Crippen MR) is 134 cm³/mol. The highest BCUT2D eigenvalue weighted by Crippen LogP contribution is 2.39. The Morgan fingerprint density at radius 3 is 2.66 bits per heavy atom. The number of carbonyl (C=O) groups is 1. The summed E-state index contributed by atoms with van der Waals surface area (Å²) in [6.45, 7) is 10.8. The Bertz CT molecular complexity index is 1280. The van der Waals surface area contributed by atoms with Gasteiger partial charge in [-0.05, 0) is 62.2 Å². The normalized spacial score (nSPS) is 16.7. The monoisotopic (exact) mass is 475 g/mol. The number of Topliss-reactive ketones (excluding diaryl/α,β-unsaturated/α-hetero) is 1. The first-order valence-corrected chi connectivity index (χ1v) is 11.5. The third-order valence-electron chi connectivity index (χ3n) is 6.33. The van der Waals surface area contributed by atoms with E-state index in [9.17, 15) is 9.18 Å². The first kappa shape index (κ1) is 24.3. The van der Waals surface area contributed by atoms with Crippen LogP contribution in [0.4, 0.5) is 4.39 Å². The minimum Gasteiger partial charge on any atom is -0.495 e. The number of morpholine rings is 1. The molecule has 1 saturated heterocycles. The van der Waals surface area contributed by atoms with Crippen LogP contribution in [0.25, 0.3) is 11.8 Å². The lowest BCUT2D eigenvalue weighted by Gasteiger charge is -2.46. The van der Waals surface area contributed by atoms with Gasteiger partial charge in [0.1, 0.15) is 29.7 Å². The van der Waals surface area contributed by atoms with Crippen molar-refractivity contribution in [3.8, 4) is 11.4 Å². The van der Waals surface area contributed by atoms with Crippen LogP contribution in [0.2, 0.25) is 0 Å². The van der Waals surface area contributed by atoms with Crippen molar-refractivity contribution in [2.24, 2.45) is 0 Å². The zero-order chi connectivity index (χ0) is 25.2. The molecule has 2 aromatic carbocycles. The third-order valence-corrected chi connectivity index (χ3v) is 6.33. The van der Waals surface area contributed by atoms with Crippen LogP contribution in [-0.2, 0) is 15.1 Å². The highest BCUT2D eigenvalue weighted by atomic mass is 19.1. The number of carbonyl (C=O) groups excluding carboxylic acids is 1. The molecule has 0 saturated carbocycles. The Morgan fingerprint density at radius 1 is 1.29 bits per heavy atom. The fourth-order valence-electron chi connectivity index (χ4n) is 4.62. The van der Waals surface area contributed by atoms with Crippen molar-refractivity contribution >= 4 is 11.9 Å². The van der Waals surface area contributed by atoms with Crippen molar-refractivity contribution in [2.75, 3.05) is 20.3 Å². The summed E-state index contributed by atoms with van der Waals surface area (Å²) < 4.78 is 27.2. The average Bonchev–Trinajstić information content (AvgIpc) is 3.26. The van der Waals surface area contributed by atoms with Crippen LogP contribution in [0.15, 0.2) is 73.0 Å². The molecule has 1 aliphatic heterocycles. The molecule has 1 fully saturated rings. The van der Waals surface area contributed by atoms with Gasteiger partial charge in [0.05, 0.1) is 42.6 Å². The van der Waals surface area contributed by atoms with Crippen LogP contribution >= 0.6 is 0 Å². The summed E-state index contributed by atoms with van der Waals surface area (Å²) in [6, 6.07) is 12.2. The molecule has 2 heterocycles. The third kappa shape index (κ3) is 4.99. The number of hydrogen-bond acceptors (Lipinski definition) is 5. The molecule has 6 nitrogen and oxygen atoms in total. The quantitative estimate of drug-likeness (QED) is 0.457. The molecule has 0 amide bonds. The predicted octanol–water partition coefficient (Wildman–Crippen LogP) is 5.41. The number of aromatic nitrogens is 2. The van der Waals surface area contributed by atoms with Crippen LogP contribution in [0.5, 0.6) is 5.75 Å². The van der Waals surface area contributed by atoms with E-state index in [1.165, 1.54) is 12.1 Å². The van der Waals surface area contributed by atoms with Crippen LogP contribution in [0.1, 0.15) is 37.1 Å². The molecule has 0 bridgehead atoms. The van der Waals surface area contributed by atoms with Crippen molar-refractivity contribution in [1.82, 2.24) is 14.5 Å². The Balaban J connectivity index is 1.68. The second-order valence-electron chi connectivity index (χ2n) is 8.97. The summed E-state index contributed by atoms with van der Waals surface area (Å²) in [5, 5.41) is 0. The van der Waals surface area contributed by atoms with Crippen LogP contribution in [-0.4, -0.2) is 40.5 Å². The summed E-state index contributed by atoms with van der Waals surface area (Å²) >= 11 is 0. The molecule has 1 unspecified atom stereocenters. The molecule has 35 heavy (non-hydrogen) atoms. The van der Waals surface area contributed by atoms with Crippen LogP contribution in [0.3, 0.4) is 0 Å². The highest BCUT2D eigenvalue weighted by molar-refractivity contribution is 5.77. The molecule has 182 valence electrons. The number of halogens is 1. The zero-order valence-corrected chi connectivity index (χ0v) is 20.5. The number of methoxy groups -OCH3 is 1. The second-order valence-corrected chi connectivity index (χ2v) is 8.97. The molecule has 7 heteroatoms. The van der Waals surface area contributed by atoms with E-state index < -0.39 is 5.54 Å². The molecule has 4 rings (SSSR count). The van der Waals surface area contributed by atoms with Gasteiger partial charge in [-0.3, -0.25) is 4.79 Å². The number of hydrogen-bond donors (Lipinski definition) is 0. The molecular formula is C28H30FN3O3. The molecule has 0 spiro atoms. The largest absolute Gasteiger partial charge is 0.495 e. The van der Waals surface area contributed by atoms with Gasteiger partial charge in [-0.25, -0.2) is 9.37 Å². The van der Waals surface area contributed by atoms with Gasteiger partial charge >= 0.3 is 0 Å². The fourth-order valence-corrected chi connectivity index (χ4v) is 4.62. The van der Waals surface area contributed by atoms with Crippen molar-refractivity contribution in [3.63, 3.8) is 0 Å². The van der Waals surface area contributed by atoms with Crippen molar-refractivity contribution in [3.05, 3.63) is 95.7 Å². The molecule has 0 aliphatic carbocycles. The summed E-state index contributed by atoms with van der Waals surface area (Å²) in [5.74, 6) is 1.03. The van der Waals surface area contributed by atoms with Gasteiger partial charge in [-0.15, -0.1) is 0 Å². The molecule has 1 aromatic heterocycles. The lowest BCUT2D eigenvalue weighted by molar-refractivity contribution is -0.120. The van der Waals surface area contributed by atoms with Crippen LogP contribution in [0, 0.1) is 12.7 Å². The van der Waals surface area contributed by atoms with Gasteiger partial charge in [0.25, 0.3) is 0 Å². The Hall–Kier alpha value is -3.87. The average molecular weight is 476 g/mol. The summed E-state index contributed by atoms with van der Waals surface area (Å²) in [4.78, 5) is 18.6. The van der Waals surface area contributed by atoms with E-state index in [4.69, 9.17) is 9.47 Å². The summed E-state index contributed by atoms with van der Waals surface area (Å²) in [5.41, 5.74) is 3.50. The van der Waals surface area contributed by atoms with Crippen molar-refractivity contribution in [1.29, 1.82) is 0 Å². The Morgan fingerprint density at radius 2 is 2.03 bits per heavy atom. The number of ketones is 1. The maximum absolute atomic E-state index is 13.6. The number of nitrogens with zero attached hydrogens (tertiary/aromatic N) is 3. The van der Waals surface area contributed by atoms with E-state index >= 15 is 0 Å². The standard InChI is InChI=1S/C28H30FN3O3/c1-19-17-31(18-30-19)25-11-6-22(15-27(25)34-5)14-26-21(3)32(12-13-35-26)28(4,16-20(2)33)23-7-9-24(29)10-8-23/h6-11,14-15,17-18H,3,12-13,16H2,1-2,4-5H3/b26-14-. The summed E-state index contributed by atoms with van der Waals surface area (Å²) in [6.07, 6.45) is 5.86. The number of imidazole rings is 1. The van der Waals surface area contributed by atoms with Gasteiger partial charge < -0.3 is 18.9 Å². The lowest BCUT2D eigenvalue weighted by Crippen LogP contribution is -2.48. The zero-order valence-electron chi connectivity index (χ0n) is 20.5. The minimum atomic E-state index is -0.694. The van der Waals surface area contributed by atoms with E-state index in [1.807, 2.05) is 48.9 Å². The topological polar surface area (TPSA) is 56.6 Å². The van der Waals surface area contributed by atoms with E-state index in [0.29, 0.717) is 30.4 Å². The molecular weight excluding hydrogens is 445 g/mol. The first-order chi connectivity index (χ1) is 16.7. The Labute approximate surface area is 205 Å². The van der Waals surface area contributed by atoms with Gasteiger partial charge in [0.15, 0.2) is 0 Å². The molecule has 3 aromatic rings. The minimum absolute atomic E-state index is 0.0386. The van der Waals surface area contributed by atoms with E-state index in [0.717, 1.165) is 22.5 Å². The highest BCUT2D eigenvalue weighted by Gasteiger charge is 2.38. The summed E-state index contributed by atoms with van der Waals surface area (Å²) in [7, 11) is 1.63. The molecule has 0 N–H and O–H groups in total. The Kier molecular flexibility index (Phi) is 6.78. The second kappa shape index (κ2) is 9.78. The maximum Gasteiger partial charge on any atom is 0.143 e. The van der Waals surface area contributed by atoms with Crippen LogP contribution < -0.4 is 4.74 Å². The first-order valence-electron chi connectivity index (χ1n) is 11.5. The van der Waals surface area contributed by atoms with Gasteiger partial charge in [-0.1, -0.05) is 24.8 Å². The van der Waals surface area contributed by atoms with Gasteiger partial charge in [0.2, 0.25) is 0 Å².